The third kappa shape index (κ3) is 3.62. The Labute approximate surface area is 136 Å². The highest BCUT2D eigenvalue weighted by Gasteiger charge is 2.34. The number of nitrogens with zero attached hydrogens (tertiary/aromatic N) is 1. The summed E-state index contributed by atoms with van der Waals surface area (Å²) in [7, 11) is 0. The molecule has 0 saturated heterocycles. The molecule has 0 spiro atoms. The first-order valence-corrected chi connectivity index (χ1v) is 8.25. The molecule has 0 amide bonds. The fourth-order valence-electron chi connectivity index (χ4n) is 3.38. The predicted octanol–water partition coefficient (Wildman–Crippen LogP) is 3.25. The van der Waals surface area contributed by atoms with Gasteiger partial charge in [-0.05, 0) is 37.1 Å². The van der Waals surface area contributed by atoms with Gasteiger partial charge in [-0.15, -0.1) is 0 Å². The van der Waals surface area contributed by atoms with Crippen molar-refractivity contribution in [2.75, 3.05) is 6.54 Å². The number of aromatic amines is 1. The van der Waals surface area contributed by atoms with Crippen LogP contribution < -0.4 is 5.32 Å². The van der Waals surface area contributed by atoms with Gasteiger partial charge in [0, 0.05) is 29.6 Å². The summed E-state index contributed by atoms with van der Waals surface area (Å²) >= 11 is 0. The van der Waals surface area contributed by atoms with E-state index in [0.717, 1.165) is 42.6 Å². The number of rotatable bonds is 5. The van der Waals surface area contributed by atoms with E-state index in [4.69, 9.17) is 0 Å². The third-order valence-electron chi connectivity index (χ3n) is 4.97. The first-order chi connectivity index (χ1) is 11.1. The van der Waals surface area contributed by atoms with Crippen LogP contribution in [0.25, 0.3) is 11.3 Å². The predicted molar refractivity (Wildman–Crippen MR) is 88.3 cm³/mol. The van der Waals surface area contributed by atoms with Crippen molar-refractivity contribution in [1.29, 1.82) is 0 Å². The van der Waals surface area contributed by atoms with Crippen LogP contribution in [0.5, 0.6) is 0 Å². The van der Waals surface area contributed by atoms with E-state index in [0.29, 0.717) is 6.54 Å². The Kier molecular flexibility index (Phi) is 4.78. The second kappa shape index (κ2) is 6.81. The van der Waals surface area contributed by atoms with Crippen LogP contribution in [0, 0.1) is 11.2 Å². The van der Waals surface area contributed by atoms with Gasteiger partial charge in [-0.25, -0.2) is 4.39 Å². The van der Waals surface area contributed by atoms with Crippen molar-refractivity contribution in [3.05, 3.63) is 41.8 Å². The van der Waals surface area contributed by atoms with E-state index >= 15 is 0 Å². The smallest absolute Gasteiger partial charge is 0.123 e. The van der Waals surface area contributed by atoms with Crippen molar-refractivity contribution in [2.24, 2.45) is 5.41 Å². The lowest BCUT2D eigenvalue weighted by atomic mass is 9.73. The lowest BCUT2D eigenvalue weighted by Gasteiger charge is -2.38. The molecular formula is C18H24FN3O. The van der Waals surface area contributed by atoms with Crippen LogP contribution >= 0.6 is 0 Å². The first kappa shape index (κ1) is 16.1. The summed E-state index contributed by atoms with van der Waals surface area (Å²) in [6.07, 6.45) is 5.81. The first-order valence-electron chi connectivity index (χ1n) is 8.25. The largest absolute Gasteiger partial charge is 0.393 e. The molecule has 23 heavy (non-hydrogen) atoms. The van der Waals surface area contributed by atoms with Crippen LogP contribution in [-0.4, -0.2) is 28.0 Å². The highest BCUT2D eigenvalue weighted by molar-refractivity contribution is 5.62. The molecule has 0 aliphatic heterocycles. The molecule has 0 bridgehead atoms. The number of hydrogen-bond acceptors (Lipinski definition) is 3. The van der Waals surface area contributed by atoms with Gasteiger partial charge in [0.1, 0.15) is 5.82 Å². The maximum Gasteiger partial charge on any atom is 0.123 e. The number of aliphatic hydroxyl groups is 1. The number of nitrogens with one attached hydrogen (secondary N) is 2. The molecule has 1 aliphatic carbocycles. The van der Waals surface area contributed by atoms with Gasteiger partial charge in [-0.2, -0.15) is 5.10 Å². The Morgan fingerprint density at radius 3 is 2.87 bits per heavy atom. The zero-order valence-corrected chi connectivity index (χ0v) is 13.5. The molecule has 0 radical (unpaired) electrons. The summed E-state index contributed by atoms with van der Waals surface area (Å²) < 4.78 is 13.1. The van der Waals surface area contributed by atoms with Crippen molar-refractivity contribution in [2.45, 2.75) is 45.3 Å². The SMILES string of the molecule is CC1(CNCc2cn[nH]c2-c2ccc(F)cc2)CCCCC1O. The molecule has 2 unspecified atom stereocenters. The molecule has 5 heteroatoms. The normalized spacial score (nSPS) is 24.7. The zero-order chi connectivity index (χ0) is 16.3. The number of benzene rings is 1. The summed E-state index contributed by atoms with van der Waals surface area (Å²) in [4.78, 5) is 0. The molecule has 1 saturated carbocycles. The van der Waals surface area contributed by atoms with Crippen LogP contribution in [-0.2, 0) is 6.54 Å². The van der Waals surface area contributed by atoms with Gasteiger partial charge in [0.25, 0.3) is 0 Å². The highest BCUT2D eigenvalue weighted by atomic mass is 19.1. The van der Waals surface area contributed by atoms with Gasteiger partial charge in [-0.3, -0.25) is 5.10 Å². The average Bonchev–Trinajstić information content (AvgIpc) is 3.00. The molecule has 3 N–H and O–H groups in total. The summed E-state index contributed by atoms with van der Waals surface area (Å²) in [5, 5.41) is 20.8. The van der Waals surface area contributed by atoms with Crippen LogP contribution in [0.4, 0.5) is 4.39 Å². The zero-order valence-electron chi connectivity index (χ0n) is 13.5. The number of H-pyrrole nitrogens is 1. The number of hydrogen-bond donors (Lipinski definition) is 3. The van der Waals surface area contributed by atoms with Crippen LogP contribution in [0.15, 0.2) is 30.5 Å². The van der Waals surface area contributed by atoms with Crippen molar-refractivity contribution in [1.82, 2.24) is 15.5 Å². The topological polar surface area (TPSA) is 60.9 Å². The molecular weight excluding hydrogens is 293 g/mol. The molecule has 3 rings (SSSR count). The maximum absolute atomic E-state index is 13.1. The van der Waals surface area contributed by atoms with Crippen LogP contribution in [0.1, 0.15) is 38.2 Å². The molecule has 1 heterocycles. The van der Waals surface area contributed by atoms with Crippen molar-refractivity contribution in [3.63, 3.8) is 0 Å². The summed E-state index contributed by atoms with van der Waals surface area (Å²) in [6.45, 7) is 3.60. The minimum Gasteiger partial charge on any atom is -0.393 e. The lowest BCUT2D eigenvalue weighted by Crippen LogP contribution is -2.43. The van der Waals surface area contributed by atoms with Crippen LogP contribution in [0.2, 0.25) is 0 Å². The average molecular weight is 317 g/mol. The van der Waals surface area contributed by atoms with Gasteiger partial charge in [0.05, 0.1) is 18.0 Å². The summed E-state index contributed by atoms with van der Waals surface area (Å²) in [5.41, 5.74) is 2.82. The Balaban J connectivity index is 1.63. The third-order valence-corrected chi connectivity index (χ3v) is 4.97. The molecule has 1 aromatic carbocycles. The Hall–Kier alpha value is -1.72. The van der Waals surface area contributed by atoms with E-state index < -0.39 is 0 Å². The van der Waals surface area contributed by atoms with Gasteiger partial charge < -0.3 is 10.4 Å². The quantitative estimate of drug-likeness (QED) is 0.793. The van der Waals surface area contributed by atoms with E-state index in [2.05, 4.69) is 22.4 Å². The fourth-order valence-corrected chi connectivity index (χ4v) is 3.38. The monoisotopic (exact) mass is 317 g/mol. The van der Waals surface area contributed by atoms with Gasteiger partial charge in [0.15, 0.2) is 0 Å². The Morgan fingerprint density at radius 1 is 1.35 bits per heavy atom. The second-order valence-corrected chi connectivity index (χ2v) is 6.80. The lowest BCUT2D eigenvalue weighted by molar-refractivity contribution is 0.00116. The Bertz CT molecular complexity index is 640. The number of aromatic nitrogens is 2. The van der Waals surface area contributed by atoms with Gasteiger partial charge in [0.2, 0.25) is 0 Å². The molecule has 1 aliphatic rings. The van der Waals surface area contributed by atoms with Crippen molar-refractivity contribution in [3.8, 4) is 11.3 Å². The van der Waals surface area contributed by atoms with E-state index in [1.165, 1.54) is 18.6 Å². The summed E-state index contributed by atoms with van der Waals surface area (Å²) in [6, 6.07) is 6.40. The van der Waals surface area contributed by atoms with E-state index in [9.17, 15) is 9.50 Å². The number of halogens is 1. The minimum absolute atomic E-state index is 0.0575. The molecule has 1 fully saturated rings. The summed E-state index contributed by atoms with van der Waals surface area (Å²) in [5.74, 6) is -0.243. The highest BCUT2D eigenvalue weighted by Crippen LogP contribution is 2.35. The Morgan fingerprint density at radius 2 is 2.13 bits per heavy atom. The molecule has 2 atom stereocenters. The minimum atomic E-state index is -0.243. The van der Waals surface area contributed by atoms with E-state index in [1.807, 2.05) is 0 Å². The molecule has 4 nitrogen and oxygen atoms in total. The second-order valence-electron chi connectivity index (χ2n) is 6.80. The van der Waals surface area contributed by atoms with Crippen LogP contribution in [0.3, 0.4) is 0 Å². The van der Waals surface area contributed by atoms with Crippen molar-refractivity contribution >= 4 is 0 Å². The molecule has 124 valence electrons. The van der Waals surface area contributed by atoms with Crippen molar-refractivity contribution < 1.29 is 9.50 Å². The fraction of sp³-hybridized carbons (Fsp3) is 0.500. The van der Waals surface area contributed by atoms with E-state index in [-0.39, 0.29) is 17.3 Å². The standard InChI is InChI=1S/C18H24FN3O/c1-18(9-3-2-4-16(18)23)12-20-10-14-11-21-22-17(14)13-5-7-15(19)8-6-13/h5-8,11,16,20,23H,2-4,9-10,12H2,1H3,(H,21,22). The number of aliphatic hydroxyl groups excluding tert-OH is 1. The van der Waals surface area contributed by atoms with Gasteiger partial charge in [-0.1, -0.05) is 19.8 Å². The van der Waals surface area contributed by atoms with Gasteiger partial charge >= 0.3 is 0 Å². The maximum atomic E-state index is 13.1. The van der Waals surface area contributed by atoms with E-state index in [1.54, 1.807) is 18.3 Å². The molecule has 2 aromatic rings. The molecule has 1 aromatic heterocycles.